The molecular weight excluding hydrogens is 500 g/mol. The minimum absolute atomic E-state index is 0.0521. The van der Waals surface area contributed by atoms with Crippen LogP contribution < -0.4 is 21.7 Å². The minimum Gasteiger partial charge on any atom is -0.481 e. The van der Waals surface area contributed by atoms with E-state index in [-0.39, 0.29) is 19.3 Å². The number of aliphatic hydroxyl groups is 1. The Balaban J connectivity index is 2.21. The summed E-state index contributed by atoms with van der Waals surface area (Å²) in [5.41, 5.74) is 7.13. The lowest BCUT2D eigenvalue weighted by molar-refractivity contribution is -0.145. The number of carboxylic acid groups (broad SMARTS) is 2. The van der Waals surface area contributed by atoms with Crippen molar-refractivity contribution in [3.05, 3.63) is 54.1 Å². The summed E-state index contributed by atoms with van der Waals surface area (Å²) in [6.45, 7) is 1.19. The molecule has 14 nitrogen and oxygen atoms in total. The fraction of sp³-hybridized carbons (Fsp3) is 0.417. The van der Waals surface area contributed by atoms with Crippen molar-refractivity contribution in [3.8, 4) is 0 Å². The number of aliphatic carboxylic acids is 2. The van der Waals surface area contributed by atoms with Crippen molar-refractivity contribution in [3.63, 3.8) is 0 Å². The summed E-state index contributed by atoms with van der Waals surface area (Å²) in [5.74, 6) is -5.17. The lowest BCUT2D eigenvalue weighted by atomic mass is 10.0. The molecule has 0 aliphatic rings. The molecule has 0 fully saturated rings. The van der Waals surface area contributed by atoms with Crippen molar-refractivity contribution in [2.24, 2.45) is 5.73 Å². The number of nitrogens with two attached hydrogens (primary N) is 1. The van der Waals surface area contributed by atoms with E-state index in [0.29, 0.717) is 11.3 Å². The fourth-order valence-corrected chi connectivity index (χ4v) is 3.52. The van der Waals surface area contributed by atoms with Gasteiger partial charge in [0.15, 0.2) is 6.04 Å². The van der Waals surface area contributed by atoms with Crippen molar-refractivity contribution in [1.29, 1.82) is 0 Å². The van der Waals surface area contributed by atoms with Gasteiger partial charge in [0.25, 0.3) is 0 Å². The maximum atomic E-state index is 13.2. The summed E-state index contributed by atoms with van der Waals surface area (Å²) < 4.78 is 0. The van der Waals surface area contributed by atoms with Crippen molar-refractivity contribution in [2.45, 2.75) is 62.9 Å². The maximum absolute atomic E-state index is 13.2. The van der Waals surface area contributed by atoms with Gasteiger partial charge in [-0.1, -0.05) is 30.3 Å². The third-order valence-electron chi connectivity index (χ3n) is 5.57. The molecule has 0 saturated carbocycles. The van der Waals surface area contributed by atoms with Crippen LogP contribution in [0.15, 0.2) is 42.9 Å². The van der Waals surface area contributed by atoms with E-state index in [1.807, 2.05) is 0 Å². The molecule has 0 saturated heterocycles. The van der Waals surface area contributed by atoms with Crippen LogP contribution in [0, 0.1) is 0 Å². The van der Waals surface area contributed by atoms with E-state index < -0.39 is 66.4 Å². The molecule has 1 aromatic carbocycles. The molecule has 5 unspecified atom stereocenters. The molecule has 14 heteroatoms. The lowest BCUT2D eigenvalue weighted by Crippen LogP contribution is -2.59. The molecule has 2 aromatic rings. The summed E-state index contributed by atoms with van der Waals surface area (Å²) in [4.78, 5) is 68.1. The first kappa shape index (κ1) is 29.9. The second-order valence-electron chi connectivity index (χ2n) is 8.70. The van der Waals surface area contributed by atoms with Gasteiger partial charge in [0.05, 0.1) is 18.5 Å². The van der Waals surface area contributed by atoms with E-state index in [1.54, 1.807) is 30.3 Å². The Bertz CT molecular complexity index is 1090. The summed E-state index contributed by atoms with van der Waals surface area (Å²) >= 11 is 0. The van der Waals surface area contributed by atoms with Crippen LogP contribution in [-0.2, 0) is 36.8 Å². The quantitative estimate of drug-likeness (QED) is 0.129. The van der Waals surface area contributed by atoms with E-state index in [0.717, 1.165) is 0 Å². The highest BCUT2D eigenvalue weighted by atomic mass is 16.4. The van der Waals surface area contributed by atoms with Gasteiger partial charge in [0, 0.05) is 31.2 Å². The highest BCUT2D eigenvalue weighted by Gasteiger charge is 2.32. The Morgan fingerprint density at radius 3 is 2.13 bits per heavy atom. The normalized spacial score (nSPS) is 14.8. The summed E-state index contributed by atoms with van der Waals surface area (Å²) in [6, 6.07) is 3.15. The molecule has 0 radical (unpaired) electrons. The SMILES string of the molecule is CC(O)C(NC(=O)C(Cc1ccccc1)NC(=O)C(CCC(=O)O)NC(=O)C(N)Cc1cnc[nH]1)C(=O)O. The van der Waals surface area contributed by atoms with E-state index >= 15 is 0 Å². The van der Waals surface area contributed by atoms with Gasteiger partial charge in [-0.3, -0.25) is 19.2 Å². The number of aliphatic hydroxyl groups excluding tert-OH is 1. The molecule has 206 valence electrons. The Hall–Kier alpha value is -4.30. The Labute approximate surface area is 218 Å². The van der Waals surface area contributed by atoms with E-state index in [4.69, 9.17) is 10.8 Å². The van der Waals surface area contributed by atoms with E-state index in [2.05, 4.69) is 25.9 Å². The zero-order valence-corrected chi connectivity index (χ0v) is 20.7. The van der Waals surface area contributed by atoms with Crippen molar-refractivity contribution in [1.82, 2.24) is 25.9 Å². The maximum Gasteiger partial charge on any atom is 0.328 e. The minimum atomic E-state index is -1.64. The first-order valence-electron chi connectivity index (χ1n) is 11.8. The van der Waals surface area contributed by atoms with Crippen LogP contribution in [0.5, 0.6) is 0 Å². The van der Waals surface area contributed by atoms with Crippen LogP contribution >= 0.6 is 0 Å². The highest BCUT2D eigenvalue weighted by Crippen LogP contribution is 2.07. The van der Waals surface area contributed by atoms with Crippen LogP contribution in [-0.4, -0.2) is 85.2 Å². The van der Waals surface area contributed by atoms with Crippen LogP contribution in [0.1, 0.15) is 31.0 Å². The van der Waals surface area contributed by atoms with Crippen molar-refractivity contribution >= 4 is 29.7 Å². The first-order valence-corrected chi connectivity index (χ1v) is 11.8. The first-order chi connectivity index (χ1) is 18.0. The number of rotatable bonds is 15. The number of imidazole rings is 1. The molecule has 0 spiro atoms. The third kappa shape index (κ3) is 9.63. The number of carboxylic acids is 2. The second kappa shape index (κ2) is 14.4. The number of carbonyl (C=O) groups is 5. The van der Waals surface area contributed by atoms with Gasteiger partial charge in [0.1, 0.15) is 12.1 Å². The second-order valence-corrected chi connectivity index (χ2v) is 8.70. The number of aromatic nitrogens is 2. The van der Waals surface area contributed by atoms with Crippen LogP contribution in [0.2, 0.25) is 0 Å². The summed E-state index contributed by atoms with van der Waals surface area (Å²) in [5, 5.41) is 35.3. The van der Waals surface area contributed by atoms with Gasteiger partial charge >= 0.3 is 11.9 Å². The number of hydrogen-bond acceptors (Lipinski definition) is 8. The van der Waals surface area contributed by atoms with Crippen molar-refractivity contribution in [2.75, 3.05) is 0 Å². The molecule has 38 heavy (non-hydrogen) atoms. The zero-order valence-electron chi connectivity index (χ0n) is 20.7. The average molecular weight is 533 g/mol. The van der Waals surface area contributed by atoms with Gasteiger partial charge in [-0.2, -0.15) is 0 Å². The van der Waals surface area contributed by atoms with Crippen LogP contribution in [0.25, 0.3) is 0 Å². The van der Waals surface area contributed by atoms with Gasteiger partial charge in [-0.05, 0) is 18.9 Å². The molecule has 3 amide bonds. The monoisotopic (exact) mass is 532 g/mol. The molecular formula is C24H32N6O8. The Kier molecular flexibility index (Phi) is 11.4. The molecule has 1 aromatic heterocycles. The molecule has 0 aliphatic carbocycles. The number of hydrogen-bond donors (Lipinski definition) is 8. The zero-order chi connectivity index (χ0) is 28.2. The largest absolute Gasteiger partial charge is 0.481 e. The van der Waals surface area contributed by atoms with E-state index in [9.17, 15) is 34.2 Å². The topological polar surface area (TPSA) is 237 Å². The molecule has 2 rings (SSSR count). The number of nitrogens with one attached hydrogen (secondary N) is 4. The molecule has 0 bridgehead atoms. The Morgan fingerprint density at radius 2 is 1.58 bits per heavy atom. The molecule has 1 heterocycles. The van der Waals surface area contributed by atoms with E-state index in [1.165, 1.54) is 19.4 Å². The fourth-order valence-electron chi connectivity index (χ4n) is 3.52. The Morgan fingerprint density at radius 1 is 0.947 bits per heavy atom. The standard InChI is InChI=1S/C24H32N6O8/c1-13(31)20(24(37)38)30-23(36)18(9-14-5-3-2-4-6-14)29-22(35)17(7-8-19(32)33)28-21(34)16(25)10-15-11-26-12-27-15/h2-6,11-13,16-18,20,31H,7-10,25H2,1H3,(H,26,27)(H,28,34)(H,29,35)(H,30,36)(H,32,33)(H,37,38). The van der Waals surface area contributed by atoms with Crippen molar-refractivity contribution < 1.29 is 39.3 Å². The number of aromatic amines is 1. The highest BCUT2D eigenvalue weighted by molar-refractivity contribution is 5.94. The summed E-state index contributed by atoms with van der Waals surface area (Å²) in [6.07, 6.45) is 0.724. The van der Waals surface area contributed by atoms with Gasteiger partial charge < -0.3 is 42.0 Å². The predicted molar refractivity (Wildman–Crippen MR) is 132 cm³/mol. The molecule has 5 atom stereocenters. The lowest BCUT2D eigenvalue weighted by Gasteiger charge is -2.25. The molecule has 9 N–H and O–H groups in total. The predicted octanol–water partition coefficient (Wildman–Crippen LogP) is -1.69. The van der Waals surface area contributed by atoms with Gasteiger partial charge in [-0.25, -0.2) is 9.78 Å². The number of benzene rings is 1. The summed E-state index contributed by atoms with van der Waals surface area (Å²) in [7, 11) is 0. The average Bonchev–Trinajstić information content (AvgIpc) is 3.37. The van der Waals surface area contributed by atoms with Crippen LogP contribution in [0.3, 0.4) is 0 Å². The van der Waals surface area contributed by atoms with Gasteiger partial charge in [0.2, 0.25) is 17.7 Å². The third-order valence-corrected chi connectivity index (χ3v) is 5.57. The number of amides is 3. The number of nitrogens with zero attached hydrogens (tertiary/aromatic N) is 1. The van der Waals surface area contributed by atoms with Gasteiger partial charge in [-0.15, -0.1) is 0 Å². The molecule has 0 aliphatic heterocycles. The number of H-pyrrole nitrogens is 1. The number of carbonyl (C=O) groups excluding carboxylic acids is 3. The van der Waals surface area contributed by atoms with Crippen LogP contribution in [0.4, 0.5) is 0 Å². The smallest absolute Gasteiger partial charge is 0.328 e.